The van der Waals surface area contributed by atoms with Gasteiger partial charge in [-0.2, -0.15) is 0 Å². The molecule has 2 amide bonds. The lowest BCUT2D eigenvalue weighted by Gasteiger charge is -2.54. The van der Waals surface area contributed by atoms with Crippen molar-refractivity contribution in [2.45, 2.75) is 65.1 Å². The molecule has 0 spiro atoms. The first kappa shape index (κ1) is 16.9. The minimum atomic E-state index is 0.0342. The summed E-state index contributed by atoms with van der Waals surface area (Å²) in [6.45, 7) is 10.4. The molecule has 1 aliphatic carbocycles. The Kier molecular flexibility index (Phi) is 4.06. The second-order valence-corrected chi connectivity index (χ2v) is 8.69. The minimum Gasteiger partial charge on any atom is -0.377 e. The number of urea groups is 1. The monoisotopic (exact) mass is 342 g/mol. The van der Waals surface area contributed by atoms with E-state index in [1.807, 2.05) is 4.90 Å². The zero-order chi connectivity index (χ0) is 17.8. The van der Waals surface area contributed by atoms with Crippen molar-refractivity contribution < 1.29 is 9.53 Å². The van der Waals surface area contributed by atoms with Crippen molar-refractivity contribution in [3.8, 4) is 0 Å². The molecule has 3 aliphatic rings. The number of hydrogen-bond acceptors (Lipinski definition) is 2. The molecule has 1 aromatic carbocycles. The topological polar surface area (TPSA) is 41.6 Å². The smallest absolute Gasteiger partial charge is 0.318 e. The summed E-state index contributed by atoms with van der Waals surface area (Å²) in [5, 5.41) is 3.35. The van der Waals surface area contributed by atoms with E-state index in [0.717, 1.165) is 32.4 Å². The van der Waals surface area contributed by atoms with Gasteiger partial charge < -0.3 is 15.0 Å². The molecule has 4 unspecified atom stereocenters. The summed E-state index contributed by atoms with van der Waals surface area (Å²) in [7, 11) is 0. The Morgan fingerprint density at radius 2 is 2.04 bits per heavy atom. The first-order chi connectivity index (χ1) is 11.9. The molecule has 1 aromatic rings. The Morgan fingerprint density at radius 1 is 1.24 bits per heavy atom. The van der Waals surface area contributed by atoms with E-state index in [1.54, 1.807) is 0 Å². The highest BCUT2D eigenvalue weighted by Gasteiger charge is 2.60. The van der Waals surface area contributed by atoms with Crippen LogP contribution in [0, 0.1) is 25.2 Å². The van der Waals surface area contributed by atoms with E-state index in [0.29, 0.717) is 12.0 Å². The Morgan fingerprint density at radius 3 is 2.80 bits per heavy atom. The van der Waals surface area contributed by atoms with E-state index < -0.39 is 0 Å². The van der Waals surface area contributed by atoms with E-state index in [-0.39, 0.29) is 23.5 Å². The third-order valence-corrected chi connectivity index (χ3v) is 6.81. The van der Waals surface area contributed by atoms with Crippen molar-refractivity contribution in [3.63, 3.8) is 0 Å². The fourth-order valence-corrected chi connectivity index (χ4v) is 5.16. The first-order valence-corrected chi connectivity index (χ1v) is 9.65. The zero-order valence-electron chi connectivity index (χ0n) is 15.8. The summed E-state index contributed by atoms with van der Waals surface area (Å²) in [6, 6.07) is 7.15. The van der Waals surface area contributed by atoms with Crippen LogP contribution in [0.3, 0.4) is 0 Å². The van der Waals surface area contributed by atoms with Gasteiger partial charge in [0.05, 0.1) is 12.1 Å². The molecule has 3 fully saturated rings. The minimum absolute atomic E-state index is 0.0342. The lowest BCUT2D eigenvalue weighted by atomic mass is 9.57. The van der Waals surface area contributed by atoms with Crippen LogP contribution in [0.25, 0.3) is 0 Å². The molecular weight excluding hydrogens is 312 g/mol. The zero-order valence-corrected chi connectivity index (χ0v) is 15.8. The van der Waals surface area contributed by atoms with Crippen molar-refractivity contribution in [2.75, 3.05) is 13.2 Å². The summed E-state index contributed by atoms with van der Waals surface area (Å²) >= 11 is 0. The highest BCUT2D eigenvalue weighted by Crippen LogP contribution is 2.52. The Bertz CT molecular complexity index is 684. The van der Waals surface area contributed by atoms with Gasteiger partial charge >= 0.3 is 6.03 Å². The van der Waals surface area contributed by atoms with E-state index in [4.69, 9.17) is 4.74 Å². The standard InChI is InChI=1S/C21H30N2O2/c1-13-7-8-15(12-14(13)2)17-6-5-10-23(17)20(24)22-18-16-9-11-25-19(16)21(18,3)4/h7-8,12,16-19H,5-6,9-11H2,1-4H3,(H,22,24). The Labute approximate surface area is 150 Å². The number of amides is 2. The van der Waals surface area contributed by atoms with E-state index in [2.05, 4.69) is 51.2 Å². The predicted octanol–water partition coefficient (Wildman–Crippen LogP) is 3.96. The molecule has 0 radical (unpaired) electrons. The third kappa shape index (κ3) is 2.66. The number of nitrogens with zero attached hydrogens (tertiary/aromatic N) is 1. The number of hydrogen-bond donors (Lipinski definition) is 1. The number of likely N-dealkylation sites (tertiary alicyclic amines) is 1. The molecule has 25 heavy (non-hydrogen) atoms. The van der Waals surface area contributed by atoms with Gasteiger partial charge in [-0.25, -0.2) is 4.79 Å². The van der Waals surface area contributed by atoms with Gasteiger partial charge in [-0.05, 0) is 49.8 Å². The van der Waals surface area contributed by atoms with Gasteiger partial charge in [-0.3, -0.25) is 0 Å². The maximum absolute atomic E-state index is 13.0. The predicted molar refractivity (Wildman–Crippen MR) is 98.5 cm³/mol. The van der Waals surface area contributed by atoms with Crippen LogP contribution in [-0.2, 0) is 4.74 Å². The van der Waals surface area contributed by atoms with Crippen LogP contribution < -0.4 is 5.32 Å². The van der Waals surface area contributed by atoms with Crippen LogP contribution in [0.2, 0.25) is 0 Å². The fraction of sp³-hybridized carbons (Fsp3) is 0.667. The van der Waals surface area contributed by atoms with E-state index in [1.165, 1.54) is 16.7 Å². The molecule has 1 saturated carbocycles. The van der Waals surface area contributed by atoms with Crippen LogP contribution in [0.5, 0.6) is 0 Å². The average molecular weight is 342 g/mol. The van der Waals surface area contributed by atoms with Gasteiger partial charge in [-0.15, -0.1) is 0 Å². The highest BCUT2D eigenvalue weighted by molar-refractivity contribution is 5.76. The molecule has 0 aromatic heterocycles. The summed E-state index contributed by atoms with van der Waals surface area (Å²) in [4.78, 5) is 15.1. The third-order valence-electron chi connectivity index (χ3n) is 6.81. The second kappa shape index (κ2) is 6.01. The SMILES string of the molecule is Cc1ccc(C2CCCN2C(=O)NC2C3CCOC3C2(C)C)cc1C. The molecule has 2 saturated heterocycles. The fourth-order valence-electron chi connectivity index (χ4n) is 5.16. The Balaban J connectivity index is 1.48. The molecule has 136 valence electrons. The van der Waals surface area contributed by atoms with Gasteiger partial charge in [0.1, 0.15) is 0 Å². The molecule has 1 N–H and O–H groups in total. The van der Waals surface area contributed by atoms with Crippen molar-refractivity contribution >= 4 is 6.03 Å². The maximum atomic E-state index is 13.0. The van der Waals surface area contributed by atoms with Crippen molar-refractivity contribution in [1.29, 1.82) is 0 Å². The quantitative estimate of drug-likeness (QED) is 0.884. The average Bonchev–Trinajstić information content (AvgIpc) is 3.23. The summed E-state index contributed by atoms with van der Waals surface area (Å²) in [5.41, 5.74) is 3.91. The number of fused-ring (bicyclic) bond motifs is 1. The number of rotatable bonds is 2. The van der Waals surface area contributed by atoms with Crippen LogP contribution in [0.4, 0.5) is 4.79 Å². The largest absolute Gasteiger partial charge is 0.377 e. The van der Waals surface area contributed by atoms with Gasteiger partial charge in [0.15, 0.2) is 0 Å². The molecule has 2 heterocycles. The van der Waals surface area contributed by atoms with E-state index in [9.17, 15) is 4.79 Å². The number of carbonyl (C=O) groups is 1. The summed E-state index contributed by atoms with van der Waals surface area (Å²) in [6.07, 6.45) is 3.51. The van der Waals surface area contributed by atoms with Gasteiger partial charge in [-0.1, -0.05) is 32.0 Å². The van der Waals surface area contributed by atoms with Crippen LogP contribution in [-0.4, -0.2) is 36.2 Å². The lowest BCUT2D eigenvalue weighted by molar-refractivity contribution is -0.109. The van der Waals surface area contributed by atoms with Crippen molar-refractivity contribution in [3.05, 3.63) is 34.9 Å². The molecule has 4 rings (SSSR count). The molecule has 4 atom stereocenters. The van der Waals surface area contributed by atoms with Crippen LogP contribution in [0.15, 0.2) is 18.2 Å². The molecule has 4 heteroatoms. The van der Waals surface area contributed by atoms with Crippen LogP contribution in [0.1, 0.15) is 55.8 Å². The molecular formula is C21H30N2O2. The Hall–Kier alpha value is -1.55. The number of ether oxygens (including phenoxy) is 1. The number of nitrogens with one attached hydrogen (secondary N) is 1. The van der Waals surface area contributed by atoms with Gasteiger partial charge in [0, 0.05) is 30.5 Å². The summed E-state index contributed by atoms with van der Waals surface area (Å²) < 4.78 is 5.85. The first-order valence-electron chi connectivity index (χ1n) is 9.65. The highest BCUT2D eigenvalue weighted by atomic mass is 16.5. The van der Waals surface area contributed by atoms with Gasteiger partial charge in [0.25, 0.3) is 0 Å². The second-order valence-electron chi connectivity index (χ2n) is 8.69. The van der Waals surface area contributed by atoms with Gasteiger partial charge in [0.2, 0.25) is 0 Å². The normalized spacial score (nSPS) is 33.0. The number of carbonyl (C=O) groups excluding carboxylic acids is 1. The van der Waals surface area contributed by atoms with Crippen molar-refractivity contribution in [1.82, 2.24) is 10.2 Å². The molecule has 2 aliphatic heterocycles. The van der Waals surface area contributed by atoms with Crippen molar-refractivity contribution in [2.24, 2.45) is 11.3 Å². The molecule has 4 nitrogen and oxygen atoms in total. The number of aryl methyl sites for hydroxylation is 2. The maximum Gasteiger partial charge on any atom is 0.318 e. The number of benzene rings is 1. The van der Waals surface area contributed by atoms with Crippen LogP contribution >= 0.6 is 0 Å². The summed E-state index contributed by atoms with van der Waals surface area (Å²) in [5.74, 6) is 0.488. The van der Waals surface area contributed by atoms with E-state index >= 15 is 0 Å². The molecule has 0 bridgehead atoms. The lowest BCUT2D eigenvalue weighted by Crippen LogP contribution is -2.67.